The van der Waals surface area contributed by atoms with Crippen molar-refractivity contribution >= 4 is 31.8 Å². The van der Waals surface area contributed by atoms with Crippen molar-refractivity contribution in [3.63, 3.8) is 0 Å². The molecule has 0 bridgehead atoms. The van der Waals surface area contributed by atoms with Crippen LogP contribution in [0.1, 0.15) is 9.68 Å². The van der Waals surface area contributed by atoms with Gasteiger partial charge in [-0.3, -0.25) is 4.98 Å². The summed E-state index contributed by atoms with van der Waals surface area (Å²) in [4.78, 5) is 4.95. The topological polar surface area (TPSA) is 21.7 Å². The van der Waals surface area contributed by atoms with Crippen LogP contribution in [0.2, 0.25) is 0 Å². The first-order valence-electron chi connectivity index (χ1n) is 7.95. The molecule has 96 valence electrons. The van der Waals surface area contributed by atoms with Crippen molar-refractivity contribution in [3.8, 4) is 11.4 Å². The Hall–Kier alpha value is -2.20. The molecule has 0 N–H and O–H groups in total. The second-order valence-electron chi connectivity index (χ2n) is 5.03. The molecule has 4 heteroatoms. The van der Waals surface area contributed by atoms with Gasteiger partial charge in [0.15, 0.2) is 5.52 Å². The number of thiophene rings is 1. The highest BCUT2D eigenvalue weighted by Crippen LogP contribution is 2.39. The highest BCUT2D eigenvalue weighted by Gasteiger charge is 2.34. The van der Waals surface area contributed by atoms with E-state index in [9.17, 15) is 0 Å². The van der Waals surface area contributed by atoms with Gasteiger partial charge in [0.05, 0.1) is 21.4 Å². The van der Waals surface area contributed by atoms with Crippen molar-refractivity contribution in [3.05, 3.63) is 48.3 Å². The number of fused-ring (bicyclic) bond motifs is 7. The Morgan fingerprint density at radius 1 is 1.35 bits per heavy atom. The fraction of sp³-hybridized carbons (Fsp3) is 0.125. The summed E-state index contributed by atoms with van der Waals surface area (Å²) in [6.45, 7) is -1.51. The SMILES string of the molecule is [2H]C([2H])([2H])[n+]1c2n(c3c4ccncc4sc31)Cc1ccccc1-2. The van der Waals surface area contributed by atoms with E-state index in [1.165, 1.54) is 15.9 Å². The summed E-state index contributed by atoms with van der Waals surface area (Å²) in [5.74, 6) is 0.778. The lowest BCUT2D eigenvalue weighted by Crippen LogP contribution is -2.28. The van der Waals surface area contributed by atoms with E-state index in [-0.39, 0.29) is 0 Å². The summed E-state index contributed by atoms with van der Waals surface area (Å²) in [5, 5.41) is 1.07. The summed E-state index contributed by atoms with van der Waals surface area (Å²) >= 11 is 1.49. The normalized spacial score (nSPS) is 15.9. The van der Waals surface area contributed by atoms with Gasteiger partial charge in [0.2, 0.25) is 4.83 Å². The zero-order chi connectivity index (χ0) is 15.8. The van der Waals surface area contributed by atoms with Crippen LogP contribution in [0.3, 0.4) is 0 Å². The van der Waals surface area contributed by atoms with E-state index < -0.39 is 6.98 Å². The van der Waals surface area contributed by atoms with E-state index in [1.807, 2.05) is 24.3 Å². The number of hydrogen-bond donors (Lipinski definition) is 0. The first-order chi connectivity index (χ1) is 11.1. The van der Waals surface area contributed by atoms with Crippen molar-refractivity contribution in [1.29, 1.82) is 0 Å². The van der Waals surface area contributed by atoms with Crippen molar-refractivity contribution in [2.75, 3.05) is 0 Å². The molecule has 3 aromatic heterocycles. The van der Waals surface area contributed by atoms with E-state index in [4.69, 9.17) is 4.11 Å². The third-order valence-electron chi connectivity index (χ3n) is 3.98. The minimum absolute atomic E-state index is 0.708. The number of hydrogen-bond acceptors (Lipinski definition) is 2. The van der Waals surface area contributed by atoms with Gasteiger partial charge in [0.25, 0.3) is 5.82 Å². The molecule has 0 atom stereocenters. The van der Waals surface area contributed by atoms with Crippen LogP contribution in [0.5, 0.6) is 0 Å². The van der Waals surface area contributed by atoms with Crippen LogP contribution in [-0.2, 0) is 13.5 Å². The zero-order valence-corrected chi connectivity index (χ0v) is 11.3. The molecule has 0 unspecified atom stereocenters. The number of aromatic nitrogens is 3. The Morgan fingerprint density at radius 3 is 3.25 bits per heavy atom. The van der Waals surface area contributed by atoms with Crippen molar-refractivity contribution in [1.82, 2.24) is 9.55 Å². The molecule has 20 heavy (non-hydrogen) atoms. The molecule has 3 nitrogen and oxygen atoms in total. The molecule has 0 fully saturated rings. The second-order valence-corrected chi connectivity index (χ2v) is 6.06. The lowest BCUT2D eigenvalue weighted by molar-refractivity contribution is -0.631. The van der Waals surface area contributed by atoms with Gasteiger partial charge in [-0.05, 0) is 12.1 Å². The molecule has 4 heterocycles. The lowest BCUT2D eigenvalue weighted by atomic mass is 10.1. The summed E-state index contributed by atoms with van der Waals surface area (Å²) in [6.07, 6.45) is 3.56. The van der Waals surface area contributed by atoms with E-state index in [1.54, 1.807) is 12.4 Å². The van der Waals surface area contributed by atoms with Crippen LogP contribution < -0.4 is 4.57 Å². The predicted octanol–water partition coefficient (Wildman–Crippen LogP) is 3.10. The van der Waals surface area contributed by atoms with Gasteiger partial charge in [-0.25, -0.2) is 9.13 Å². The van der Waals surface area contributed by atoms with E-state index >= 15 is 0 Å². The minimum Gasteiger partial charge on any atom is -0.263 e. The van der Waals surface area contributed by atoms with Crippen LogP contribution in [0.25, 0.3) is 31.8 Å². The Morgan fingerprint density at radius 2 is 2.30 bits per heavy atom. The number of benzene rings is 1. The van der Waals surface area contributed by atoms with Crippen LogP contribution >= 0.6 is 11.3 Å². The first-order valence-corrected chi connectivity index (χ1v) is 7.27. The highest BCUT2D eigenvalue weighted by atomic mass is 32.1. The summed E-state index contributed by atoms with van der Waals surface area (Å²) in [5.41, 5.74) is 3.17. The van der Waals surface area contributed by atoms with Gasteiger partial charge in [0.1, 0.15) is 6.54 Å². The number of pyridine rings is 1. The van der Waals surface area contributed by atoms with Gasteiger partial charge < -0.3 is 0 Å². The van der Waals surface area contributed by atoms with Gasteiger partial charge in [-0.1, -0.05) is 29.5 Å². The van der Waals surface area contributed by atoms with Gasteiger partial charge in [-0.15, -0.1) is 0 Å². The standard InChI is InChI=1S/C16H12N3S/c1-18-15-11-5-3-2-4-10(11)9-19(15)14-12-6-7-17-8-13(12)20-16(14)18/h2-8H,9H2,1H3/q+1/i1D3. The molecule has 1 aromatic carbocycles. The zero-order valence-electron chi connectivity index (χ0n) is 13.5. The first kappa shape index (κ1) is 8.17. The molecule has 5 rings (SSSR count). The number of rotatable bonds is 0. The second kappa shape index (κ2) is 3.46. The average Bonchev–Trinajstić information content (AvgIpc) is 3.12. The van der Waals surface area contributed by atoms with Crippen LogP contribution in [0.15, 0.2) is 42.7 Å². The molecule has 0 amide bonds. The molecular formula is C16H12N3S+. The minimum atomic E-state index is -2.22. The van der Waals surface area contributed by atoms with Crippen LogP contribution in [0.4, 0.5) is 0 Å². The fourth-order valence-corrected chi connectivity index (χ4v) is 4.22. The smallest absolute Gasteiger partial charge is 0.263 e. The predicted molar refractivity (Wildman–Crippen MR) is 80.8 cm³/mol. The molecule has 0 saturated carbocycles. The van der Waals surface area contributed by atoms with E-state index in [2.05, 4.69) is 15.6 Å². The lowest BCUT2D eigenvalue weighted by Gasteiger charge is -1.93. The average molecular weight is 281 g/mol. The monoisotopic (exact) mass is 281 g/mol. The molecule has 0 spiro atoms. The molecular weight excluding hydrogens is 266 g/mol. The highest BCUT2D eigenvalue weighted by molar-refractivity contribution is 7.25. The quantitative estimate of drug-likeness (QED) is 0.400. The maximum absolute atomic E-state index is 8.03. The van der Waals surface area contributed by atoms with Gasteiger partial charge in [0, 0.05) is 23.3 Å². The molecule has 1 aliphatic rings. The Balaban J connectivity index is 2.01. The van der Waals surface area contributed by atoms with Crippen molar-refractivity contribution in [2.24, 2.45) is 6.98 Å². The maximum atomic E-state index is 8.03. The summed E-state index contributed by atoms with van der Waals surface area (Å²) in [7, 11) is 0. The fourth-order valence-electron chi connectivity index (χ4n) is 3.13. The third-order valence-corrected chi connectivity index (χ3v) is 5.09. The van der Waals surface area contributed by atoms with E-state index in [0.717, 1.165) is 37.4 Å². The number of imidazole rings is 1. The van der Waals surface area contributed by atoms with Crippen LogP contribution in [0, 0.1) is 0 Å². The Bertz CT molecular complexity index is 1090. The molecule has 0 radical (unpaired) electrons. The summed E-state index contributed by atoms with van der Waals surface area (Å²) in [6, 6.07) is 9.99. The number of nitrogens with zero attached hydrogens (tertiary/aromatic N) is 3. The van der Waals surface area contributed by atoms with Crippen LogP contribution in [-0.4, -0.2) is 9.55 Å². The molecule has 0 saturated heterocycles. The Labute approximate surface area is 123 Å². The van der Waals surface area contributed by atoms with E-state index in [0.29, 0.717) is 6.54 Å². The van der Waals surface area contributed by atoms with Crippen molar-refractivity contribution in [2.45, 2.75) is 6.54 Å². The van der Waals surface area contributed by atoms with Crippen molar-refractivity contribution < 1.29 is 8.68 Å². The molecule has 1 aliphatic heterocycles. The number of aryl methyl sites for hydroxylation is 1. The molecule has 4 aromatic rings. The largest absolute Gasteiger partial charge is 0.291 e. The van der Waals surface area contributed by atoms with Gasteiger partial charge in [-0.2, -0.15) is 0 Å². The third kappa shape index (κ3) is 1.11. The van der Waals surface area contributed by atoms with Gasteiger partial charge >= 0.3 is 0 Å². The maximum Gasteiger partial charge on any atom is 0.291 e. The summed E-state index contributed by atoms with van der Waals surface area (Å²) < 4.78 is 28.7. The Kier molecular flexibility index (Phi) is 1.41. The molecule has 0 aliphatic carbocycles.